The number of esters is 1. The van der Waals surface area contributed by atoms with E-state index in [0.717, 1.165) is 0 Å². The number of aromatic nitrogens is 1. The molecule has 1 aromatic heterocycles. The highest BCUT2D eigenvalue weighted by atomic mass is 35.5. The highest BCUT2D eigenvalue weighted by molar-refractivity contribution is 7.91. The molecule has 3 fully saturated rings. The molecule has 0 bridgehead atoms. The first-order chi connectivity index (χ1) is 26.7. The van der Waals surface area contributed by atoms with Crippen molar-refractivity contribution < 1.29 is 41.8 Å². The lowest BCUT2D eigenvalue weighted by Gasteiger charge is -2.36. The maximum Gasteiger partial charge on any atom is 0.338 e. The lowest BCUT2D eigenvalue weighted by Crippen LogP contribution is -2.58. The second kappa shape index (κ2) is 15.5. The molecule has 2 saturated carbocycles. The van der Waals surface area contributed by atoms with Crippen molar-refractivity contribution in [3.8, 4) is 11.6 Å². The number of halogens is 1. The zero-order valence-electron chi connectivity index (χ0n) is 33.2. The Balaban J connectivity index is 1.32. The van der Waals surface area contributed by atoms with E-state index in [1.54, 1.807) is 63.2 Å². The van der Waals surface area contributed by atoms with Crippen molar-refractivity contribution >= 4 is 61.8 Å². The fourth-order valence-electron chi connectivity index (χ4n) is 7.03. The number of fused-ring (bicyclic) bond motifs is 1. The van der Waals surface area contributed by atoms with Crippen LogP contribution in [0.15, 0.2) is 61.3 Å². The number of nitrogens with one attached hydrogen (secondary N) is 3. The molecule has 2 aliphatic carbocycles. The van der Waals surface area contributed by atoms with Crippen molar-refractivity contribution in [1.29, 1.82) is 0 Å². The third kappa shape index (κ3) is 9.14. The number of benzene rings is 2. The van der Waals surface area contributed by atoms with Crippen LogP contribution in [-0.2, 0) is 29.1 Å². The largest absolute Gasteiger partial charge is 0.494 e. The average molecular weight is 824 g/mol. The number of carbonyl (C=O) groups excluding carboxylic acids is 4. The van der Waals surface area contributed by atoms with Gasteiger partial charge in [0.05, 0.1) is 30.7 Å². The molecule has 3 N–H and O–H groups in total. The SMILES string of the molecule is C=C[C@@H]1C[C@]1(NC(=O)[C@@H]1C[C@@H](Oc2ncc(OC)c3ccc(Cl)cc23)CN1C(=O)[C@@H](Nc1cccc(C(=O)OC(C)(C)C)c1)C(C)(C)C)C(=O)NS(=O)(=O)C1CC1. The zero-order valence-corrected chi connectivity index (χ0v) is 34.8. The monoisotopic (exact) mass is 823 g/mol. The zero-order chi connectivity index (χ0) is 41.7. The summed E-state index contributed by atoms with van der Waals surface area (Å²) in [5, 5.41) is 7.16. The van der Waals surface area contributed by atoms with E-state index >= 15 is 0 Å². The van der Waals surface area contributed by atoms with Gasteiger partial charge < -0.3 is 29.7 Å². The van der Waals surface area contributed by atoms with E-state index in [9.17, 15) is 27.6 Å². The topological polar surface area (TPSA) is 182 Å². The van der Waals surface area contributed by atoms with Crippen LogP contribution in [-0.4, -0.2) is 90.2 Å². The fourth-order valence-corrected chi connectivity index (χ4v) is 8.56. The third-order valence-corrected chi connectivity index (χ3v) is 12.3. The smallest absolute Gasteiger partial charge is 0.338 e. The number of hydrogen-bond donors (Lipinski definition) is 3. The van der Waals surface area contributed by atoms with Gasteiger partial charge in [0.1, 0.15) is 35.1 Å². The molecule has 1 saturated heterocycles. The van der Waals surface area contributed by atoms with Crippen LogP contribution in [0, 0.1) is 11.3 Å². The minimum Gasteiger partial charge on any atom is -0.494 e. The van der Waals surface area contributed by atoms with Crippen LogP contribution in [0.4, 0.5) is 5.69 Å². The van der Waals surface area contributed by atoms with Crippen LogP contribution in [0.1, 0.15) is 77.6 Å². The average Bonchev–Trinajstić information content (AvgIpc) is 4.06. The van der Waals surface area contributed by atoms with Gasteiger partial charge in [0.25, 0.3) is 5.91 Å². The van der Waals surface area contributed by atoms with Crippen molar-refractivity contribution in [3.05, 3.63) is 71.9 Å². The maximum atomic E-state index is 14.9. The molecule has 0 radical (unpaired) electrons. The van der Waals surface area contributed by atoms with Gasteiger partial charge in [0, 0.05) is 33.8 Å². The number of hydrogen-bond acceptors (Lipinski definition) is 11. The van der Waals surface area contributed by atoms with Crippen molar-refractivity contribution in [2.45, 2.75) is 102 Å². The number of ether oxygens (including phenoxy) is 3. The first-order valence-corrected chi connectivity index (χ1v) is 20.8. The first kappa shape index (κ1) is 41.7. The van der Waals surface area contributed by atoms with E-state index in [-0.39, 0.29) is 30.8 Å². The van der Waals surface area contributed by atoms with E-state index in [4.69, 9.17) is 25.8 Å². The Hall–Kier alpha value is -4.89. The molecule has 1 aliphatic heterocycles. The molecular weight excluding hydrogens is 774 g/mol. The predicted octanol–water partition coefficient (Wildman–Crippen LogP) is 5.40. The normalized spacial score (nSPS) is 22.6. The first-order valence-electron chi connectivity index (χ1n) is 18.9. The molecule has 16 heteroatoms. The Labute approximate surface area is 338 Å². The number of rotatable bonds is 13. The van der Waals surface area contributed by atoms with Crippen molar-refractivity contribution in [3.63, 3.8) is 0 Å². The summed E-state index contributed by atoms with van der Waals surface area (Å²) < 4.78 is 45.2. The van der Waals surface area contributed by atoms with Crippen LogP contribution in [0.3, 0.4) is 0 Å². The highest BCUT2D eigenvalue weighted by Gasteiger charge is 2.62. The number of sulfonamides is 1. The van der Waals surface area contributed by atoms with Crippen LogP contribution in [0.5, 0.6) is 11.6 Å². The summed E-state index contributed by atoms with van der Waals surface area (Å²) in [4.78, 5) is 61.7. The molecular formula is C41H50ClN5O9S. The fraction of sp³-hybridized carbons (Fsp3) is 0.488. The summed E-state index contributed by atoms with van der Waals surface area (Å²) in [6.07, 6.45) is 3.31. The Morgan fingerprint density at radius 1 is 1.05 bits per heavy atom. The molecule has 5 atom stereocenters. The predicted molar refractivity (Wildman–Crippen MR) is 216 cm³/mol. The number of carbonyl (C=O) groups is 4. The van der Waals surface area contributed by atoms with E-state index in [2.05, 4.69) is 26.9 Å². The van der Waals surface area contributed by atoms with E-state index in [1.165, 1.54) is 24.3 Å². The molecule has 3 aliphatic rings. The molecule has 0 spiro atoms. The maximum absolute atomic E-state index is 14.9. The molecule has 14 nitrogen and oxygen atoms in total. The van der Waals surface area contributed by atoms with Crippen molar-refractivity contribution in [2.24, 2.45) is 11.3 Å². The second-order valence-corrected chi connectivity index (χ2v) is 19.4. The van der Waals surface area contributed by atoms with Gasteiger partial charge in [0.2, 0.25) is 27.7 Å². The number of methoxy groups -OCH3 is 1. The number of amides is 3. The van der Waals surface area contributed by atoms with Gasteiger partial charge >= 0.3 is 5.97 Å². The molecule has 6 rings (SSSR count). The van der Waals surface area contributed by atoms with Gasteiger partial charge in [-0.1, -0.05) is 44.5 Å². The second-order valence-electron chi connectivity index (χ2n) is 17.0. The summed E-state index contributed by atoms with van der Waals surface area (Å²) in [6, 6.07) is 9.74. The van der Waals surface area contributed by atoms with Crippen molar-refractivity contribution in [2.75, 3.05) is 19.0 Å². The number of anilines is 1. The molecule has 57 heavy (non-hydrogen) atoms. The molecule has 2 heterocycles. The van der Waals surface area contributed by atoms with Crippen molar-refractivity contribution in [1.82, 2.24) is 19.9 Å². The summed E-state index contributed by atoms with van der Waals surface area (Å²) in [7, 11) is -2.40. The van der Waals surface area contributed by atoms with Gasteiger partial charge in [-0.25, -0.2) is 18.2 Å². The number of pyridine rings is 1. The summed E-state index contributed by atoms with van der Waals surface area (Å²) in [5.41, 5.74) is -2.25. The minimum absolute atomic E-state index is 0.00909. The molecule has 306 valence electrons. The van der Waals surface area contributed by atoms with Crippen LogP contribution >= 0.6 is 11.6 Å². The van der Waals surface area contributed by atoms with Gasteiger partial charge in [-0.2, -0.15) is 0 Å². The van der Waals surface area contributed by atoms with E-state index in [1.807, 2.05) is 20.8 Å². The number of nitrogens with zero attached hydrogens (tertiary/aromatic N) is 2. The van der Waals surface area contributed by atoms with Gasteiger partial charge in [-0.05, 0) is 81.8 Å². The summed E-state index contributed by atoms with van der Waals surface area (Å²) >= 11 is 6.37. The van der Waals surface area contributed by atoms with Gasteiger partial charge in [-0.3, -0.25) is 19.1 Å². The van der Waals surface area contributed by atoms with Crippen LogP contribution in [0.25, 0.3) is 10.8 Å². The summed E-state index contributed by atoms with van der Waals surface area (Å²) in [5.74, 6) is -2.30. The van der Waals surface area contributed by atoms with E-state index < -0.39 is 79.6 Å². The Morgan fingerprint density at radius 3 is 2.39 bits per heavy atom. The lowest BCUT2D eigenvalue weighted by molar-refractivity contribution is -0.141. The third-order valence-electron chi connectivity index (χ3n) is 10.3. The molecule has 3 amide bonds. The minimum atomic E-state index is -3.92. The standard InChI is InChI=1S/C41H50ClN5O9S/c1-9-24-20-41(24,38(51)46-57(52,53)28-14-15-28)45-34(48)31-19-27(55-35-30-18-25(42)13-16-29(30)32(54-8)21-43-35)22-47(31)36(49)33(39(2,3)4)44-26-12-10-11-23(17-26)37(50)56-40(5,6)7/h9-13,16-18,21,24,27-28,31,33,44H,1,14-15,19-20,22H2,2-8H3,(H,45,48)(H,46,51)/t24-,27-,31+,33-,41-/m1/s1. The quantitative estimate of drug-likeness (QED) is 0.148. The Bertz CT molecular complexity index is 2220. The lowest BCUT2D eigenvalue weighted by atomic mass is 9.85. The highest BCUT2D eigenvalue weighted by Crippen LogP contribution is 2.46. The van der Waals surface area contributed by atoms with Crippen LogP contribution < -0.4 is 24.8 Å². The van der Waals surface area contributed by atoms with E-state index in [0.29, 0.717) is 40.1 Å². The van der Waals surface area contributed by atoms with Crippen LogP contribution in [0.2, 0.25) is 5.02 Å². The van der Waals surface area contributed by atoms with Gasteiger partial charge in [0.15, 0.2) is 0 Å². The Kier molecular flexibility index (Phi) is 11.3. The molecule has 2 aromatic carbocycles. The molecule has 0 unspecified atom stereocenters. The molecule has 3 aromatic rings. The van der Waals surface area contributed by atoms with Gasteiger partial charge in [-0.15, -0.1) is 6.58 Å². The summed E-state index contributed by atoms with van der Waals surface area (Å²) in [6.45, 7) is 14.7. The Morgan fingerprint density at radius 2 is 1.77 bits per heavy atom. The number of likely N-dealkylation sites (tertiary alicyclic amines) is 1.